The second-order valence-electron chi connectivity index (χ2n) is 5.36. The fourth-order valence-electron chi connectivity index (χ4n) is 2.60. The van der Waals surface area contributed by atoms with E-state index in [9.17, 15) is 0 Å². The molecule has 0 aromatic carbocycles. The third-order valence-electron chi connectivity index (χ3n) is 3.69. The van der Waals surface area contributed by atoms with Gasteiger partial charge in [0.1, 0.15) is 0 Å². The number of rotatable bonds is 6. The average molecular weight is 276 g/mol. The topological polar surface area (TPSA) is 3.24 Å². The van der Waals surface area contributed by atoms with Gasteiger partial charge in [-0.2, -0.15) is 0 Å². The summed E-state index contributed by atoms with van der Waals surface area (Å²) in [5.41, 5.74) is 0. The van der Waals surface area contributed by atoms with E-state index >= 15 is 0 Å². The van der Waals surface area contributed by atoms with E-state index in [2.05, 4.69) is 41.6 Å². The van der Waals surface area contributed by atoms with Crippen LogP contribution in [-0.2, 0) is 0 Å². The molecule has 0 aliphatic carbocycles. The van der Waals surface area contributed by atoms with E-state index < -0.39 is 0 Å². The Hall–Kier alpha value is 0.440. The number of alkyl halides is 1. The highest BCUT2D eigenvalue weighted by atomic mass is 79.9. The van der Waals surface area contributed by atoms with Crippen LogP contribution in [0.2, 0.25) is 0 Å². The molecule has 0 spiro atoms. The molecule has 15 heavy (non-hydrogen) atoms. The molecule has 1 aliphatic rings. The Bertz CT molecular complexity index is 170. The van der Waals surface area contributed by atoms with Crippen molar-refractivity contribution in [1.82, 2.24) is 4.90 Å². The monoisotopic (exact) mass is 275 g/mol. The lowest BCUT2D eigenvalue weighted by Gasteiger charge is -2.28. The number of hydrogen-bond acceptors (Lipinski definition) is 1. The number of nitrogens with zero attached hydrogens (tertiary/aromatic N) is 1. The first-order valence-electron chi connectivity index (χ1n) is 6.45. The summed E-state index contributed by atoms with van der Waals surface area (Å²) in [6.07, 6.45) is 5.52. The van der Waals surface area contributed by atoms with Crippen LogP contribution in [0.25, 0.3) is 0 Å². The van der Waals surface area contributed by atoms with Gasteiger partial charge in [0, 0.05) is 11.4 Å². The highest BCUT2D eigenvalue weighted by Gasteiger charge is 2.26. The zero-order chi connectivity index (χ0) is 11.3. The third-order valence-corrected chi connectivity index (χ3v) is 4.15. The van der Waals surface area contributed by atoms with Gasteiger partial charge in [-0.1, -0.05) is 36.7 Å². The zero-order valence-corrected chi connectivity index (χ0v) is 12.1. The second-order valence-corrected chi connectivity index (χ2v) is 6.15. The van der Waals surface area contributed by atoms with E-state index in [1.165, 1.54) is 38.8 Å². The maximum Gasteiger partial charge on any atom is 0.0119 e. The molecule has 0 aromatic heterocycles. The summed E-state index contributed by atoms with van der Waals surface area (Å²) >= 11 is 3.52. The number of likely N-dealkylation sites (tertiary alicyclic amines) is 1. The van der Waals surface area contributed by atoms with Crippen molar-refractivity contribution >= 4 is 15.9 Å². The number of halogens is 1. The van der Waals surface area contributed by atoms with Gasteiger partial charge in [0.2, 0.25) is 0 Å². The van der Waals surface area contributed by atoms with Crippen molar-refractivity contribution < 1.29 is 0 Å². The van der Waals surface area contributed by atoms with Gasteiger partial charge in [-0.25, -0.2) is 0 Å². The van der Waals surface area contributed by atoms with Crippen molar-refractivity contribution in [3.05, 3.63) is 0 Å². The standard InChI is InChI=1S/C13H26BrN/c1-11(2)13-5-4-9-15(13)10-7-12(3)6-8-14/h11-13H,4-10H2,1-3H3. The van der Waals surface area contributed by atoms with Gasteiger partial charge in [0.25, 0.3) is 0 Å². The van der Waals surface area contributed by atoms with E-state index in [4.69, 9.17) is 0 Å². The molecular weight excluding hydrogens is 250 g/mol. The summed E-state index contributed by atoms with van der Waals surface area (Å²) in [5, 5.41) is 1.15. The molecule has 2 atom stereocenters. The van der Waals surface area contributed by atoms with E-state index in [0.717, 1.165) is 23.2 Å². The van der Waals surface area contributed by atoms with E-state index in [1.54, 1.807) is 0 Å². The van der Waals surface area contributed by atoms with Crippen molar-refractivity contribution in [3.8, 4) is 0 Å². The van der Waals surface area contributed by atoms with E-state index in [0.29, 0.717) is 0 Å². The predicted octanol–water partition coefficient (Wildman–Crippen LogP) is 3.92. The summed E-state index contributed by atoms with van der Waals surface area (Å²) in [7, 11) is 0. The van der Waals surface area contributed by atoms with Crippen LogP contribution < -0.4 is 0 Å². The second kappa shape index (κ2) is 6.90. The fraction of sp³-hybridized carbons (Fsp3) is 1.00. The summed E-state index contributed by atoms with van der Waals surface area (Å²) in [5.74, 6) is 1.71. The lowest BCUT2D eigenvalue weighted by atomic mass is 10.0. The van der Waals surface area contributed by atoms with E-state index in [-0.39, 0.29) is 0 Å². The Morgan fingerprint density at radius 3 is 2.60 bits per heavy atom. The summed E-state index contributed by atoms with van der Waals surface area (Å²) in [4.78, 5) is 2.72. The quantitative estimate of drug-likeness (QED) is 0.665. The molecule has 1 fully saturated rings. The first-order chi connectivity index (χ1) is 7.15. The lowest BCUT2D eigenvalue weighted by Crippen LogP contribution is -2.34. The largest absolute Gasteiger partial charge is 0.300 e. The maximum atomic E-state index is 3.52. The molecule has 1 aliphatic heterocycles. The van der Waals surface area contributed by atoms with Gasteiger partial charge < -0.3 is 4.90 Å². The Labute approximate surface area is 104 Å². The van der Waals surface area contributed by atoms with Crippen LogP contribution in [0.3, 0.4) is 0 Å². The van der Waals surface area contributed by atoms with Crippen LogP contribution in [0, 0.1) is 11.8 Å². The average Bonchev–Trinajstić information content (AvgIpc) is 2.63. The minimum Gasteiger partial charge on any atom is -0.300 e. The molecule has 1 saturated heterocycles. The van der Waals surface area contributed by atoms with Crippen LogP contribution in [0.15, 0.2) is 0 Å². The first kappa shape index (κ1) is 13.5. The minimum absolute atomic E-state index is 0.832. The van der Waals surface area contributed by atoms with Crippen LogP contribution >= 0.6 is 15.9 Å². The van der Waals surface area contributed by atoms with Gasteiger partial charge in [-0.15, -0.1) is 0 Å². The Morgan fingerprint density at radius 2 is 2.00 bits per heavy atom. The van der Waals surface area contributed by atoms with Crippen molar-refractivity contribution in [1.29, 1.82) is 0 Å². The Balaban J connectivity index is 2.25. The molecule has 0 saturated carbocycles. The predicted molar refractivity (Wildman–Crippen MR) is 71.6 cm³/mol. The van der Waals surface area contributed by atoms with Crippen molar-refractivity contribution in [2.75, 3.05) is 18.4 Å². The minimum atomic E-state index is 0.832. The van der Waals surface area contributed by atoms with Crippen LogP contribution in [0.4, 0.5) is 0 Å². The lowest BCUT2D eigenvalue weighted by molar-refractivity contribution is 0.194. The maximum absolute atomic E-state index is 3.52. The molecule has 2 heteroatoms. The molecule has 0 radical (unpaired) electrons. The van der Waals surface area contributed by atoms with Crippen LogP contribution in [0.1, 0.15) is 46.5 Å². The zero-order valence-electron chi connectivity index (χ0n) is 10.5. The summed E-state index contributed by atoms with van der Waals surface area (Å²) in [6, 6.07) is 0.862. The molecule has 90 valence electrons. The van der Waals surface area contributed by atoms with Crippen molar-refractivity contribution in [2.24, 2.45) is 11.8 Å². The highest BCUT2D eigenvalue weighted by Crippen LogP contribution is 2.24. The molecule has 0 N–H and O–H groups in total. The van der Waals surface area contributed by atoms with Gasteiger partial charge in [0.15, 0.2) is 0 Å². The van der Waals surface area contributed by atoms with Crippen molar-refractivity contribution in [3.63, 3.8) is 0 Å². The Kier molecular flexibility index (Phi) is 6.21. The van der Waals surface area contributed by atoms with Crippen molar-refractivity contribution in [2.45, 2.75) is 52.5 Å². The SMILES string of the molecule is CC(CCBr)CCN1CCCC1C(C)C. The third kappa shape index (κ3) is 4.44. The normalized spacial score (nSPS) is 25.0. The number of hydrogen-bond donors (Lipinski definition) is 0. The first-order valence-corrected chi connectivity index (χ1v) is 7.57. The molecule has 1 nitrogen and oxygen atoms in total. The fourth-order valence-corrected chi connectivity index (χ4v) is 3.38. The van der Waals surface area contributed by atoms with Gasteiger partial charge in [-0.05, 0) is 50.6 Å². The molecule has 2 unspecified atom stereocenters. The molecule has 1 heterocycles. The molecule has 0 amide bonds. The highest BCUT2D eigenvalue weighted by molar-refractivity contribution is 9.09. The van der Waals surface area contributed by atoms with Gasteiger partial charge in [-0.3, -0.25) is 0 Å². The molecule has 0 bridgehead atoms. The smallest absolute Gasteiger partial charge is 0.0119 e. The summed E-state index contributed by atoms with van der Waals surface area (Å²) < 4.78 is 0. The summed E-state index contributed by atoms with van der Waals surface area (Å²) in [6.45, 7) is 9.76. The van der Waals surface area contributed by atoms with E-state index in [1.807, 2.05) is 0 Å². The van der Waals surface area contributed by atoms with Gasteiger partial charge in [0.05, 0.1) is 0 Å². The molecular formula is C13H26BrN. The van der Waals surface area contributed by atoms with Crippen LogP contribution in [0.5, 0.6) is 0 Å². The molecule has 1 rings (SSSR count). The van der Waals surface area contributed by atoms with Gasteiger partial charge >= 0.3 is 0 Å². The molecule has 0 aromatic rings. The van der Waals surface area contributed by atoms with Crippen LogP contribution in [-0.4, -0.2) is 29.4 Å². The Morgan fingerprint density at radius 1 is 1.27 bits per heavy atom.